The Labute approximate surface area is 103 Å². The van der Waals surface area contributed by atoms with Gasteiger partial charge in [0.25, 0.3) is 0 Å². The van der Waals surface area contributed by atoms with Crippen LogP contribution in [0.25, 0.3) is 0 Å². The van der Waals surface area contributed by atoms with Crippen molar-refractivity contribution in [2.45, 2.75) is 33.1 Å². The lowest BCUT2D eigenvalue weighted by molar-refractivity contribution is -0.130. The molecule has 0 aromatic carbocycles. The van der Waals surface area contributed by atoms with Gasteiger partial charge in [0, 0.05) is 0 Å². The van der Waals surface area contributed by atoms with E-state index in [-0.39, 0.29) is 0 Å². The Kier molecular flexibility index (Phi) is 9.73. The molecule has 2 nitrogen and oxygen atoms in total. The van der Waals surface area contributed by atoms with Gasteiger partial charge in [-0.25, -0.2) is 0 Å². The molecule has 0 unspecified atom stereocenters. The SMILES string of the molecule is CC=CC=CC(=O)C(=O)C=CCCC=CCC. The summed E-state index contributed by atoms with van der Waals surface area (Å²) in [7, 11) is 0. The van der Waals surface area contributed by atoms with Crippen molar-refractivity contribution in [1.82, 2.24) is 0 Å². The van der Waals surface area contributed by atoms with Gasteiger partial charge in [-0.05, 0) is 38.3 Å². The van der Waals surface area contributed by atoms with Crippen LogP contribution in [0.5, 0.6) is 0 Å². The van der Waals surface area contributed by atoms with E-state index in [0.717, 1.165) is 19.3 Å². The van der Waals surface area contributed by atoms with Crippen molar-refractivity contribution in [2.24, 2.45) is 0 Å². The molecule has 0 fully saturated rings. The number of allylic oxidation sites excluding steroid dienone is 8. The first-order valence-corrected chi connectivity index (χ1v) is 5.91. The van der Waals surface area contributed by atoms with Crippen LogP contribution in [0.2, 0.25) is 0 Å². The van der Waals surface area contributed by atoms with Gasteiger partial charge in [-0.3, -0.25) is 9.59 Å². The van der Waals surface area contributed by atoms with Crippen LogP contribution in [0, 0.1) is 0 Å². The fraction of sp³-hybridized carbons (Fsp3) is 0.333. The fourth-order valence-electron chi connectivity index (χ4n) is 1.09. The van der Waals surface area contributed by atoms with E-state index in [1.165, 1.54) is 12.2 Å². The second kappa shape index (κ2) is 10.8. The van der Waals surface area contributed by atoms with E-state index in [4.69, 9.17) is 0 Å². The fourth-order valence-corrected chi connectivity index (χ4v) is 1.09. The van der Waals surface area contributed by atoms with Crippen molar-refractivity contribution < 1.29 is 9.59 Å². The molecule has 17 heavy (non-hydrogen) atoms. The molecule has 0 aliphatic carbocycles. The average Bonchev–Trinajstić information content (AvgIpc) is 2.33. The summed E-state index contributed by atoms with van der Waals surface area (Å²) in [6.45, 7) is 3.92. The molecule has 0 heterocycles. The summed E-state index contributed by atoms with van der Waals surface area (Å²) in [5, 5.41) is 0. The topological polar surface area (TPSA) is 34.1 Å². The molecular weight excluding hydrogens is 212 g/mol. The molecule has 0 aliphatic heterocycles. The molecule has 0 aromatic rings. The van der Waals surface area contributed by atoms with Gasteiger partial charge in [0.15, 0.2) is 0 Å². The van der Waals surface area contributed by atoms with Crippen molar-refractivity contribution in [2.75, 3.05) is 0 Å². The quantitative estimate of drug-likeness (QED) is 0.211. The van der Waals surface area contributed by atoms with E-state index < -0.39 is 11.6 Å². The molecule has 0 atom stereocenters. The van der Waals surface area contributed by atoms with Crippen LogP contribution in [0.1, 0.15) is 33.1 Å². The summed E-state index contributed by atoms with van der Waals surface area (Å²) >= 11 is 0. The number of hydrogen-bond donors (Lipinski definition) is 0. The molecule has 0 N–H and O–H groups in total. The third-order valence-electron chi connectivity index (χ3n) is 1.97. The second-order valence-corrected chi connectivity index (χ2v) is 3.47. The minimum atomic E-state index is -0.483. The summed E-state index contributed by atoms with van der Waals surface area (Å²) in [5.74, 6) is -0.950. The monoisotopic (exact) mass is 232 g/mol. The number of rotatable bonds is 8. The largest absolute Gasteiger partial charge is 0.286 e. The van der Waals surface area contributed by atoms with Crippen LogP contribution in [0.4, 0.5) is 0 Å². The zero-order valence-electron chi connectivity index (χ0n) is 10.6. The first-order valence-electron chi connectivity index (χ1n) is 5.91. The first kappa shape index (κ1) is 15.3. The molecule has 92 valence electrons. The van der Waals surface area contributed by atoms with Gasteiger partial charge >= 0.3 is 0 Å². The number of unbranched alkanes of at least 4 members (excludes halogenated alkanes) is 1. The molecule has 0 aromatic heterocycles. The Morgan fingerprint density at radius 2 is 1.53 bits per heavy atom. The van der Waals surface area contributed by atoms with Gasteiger partial charge in [-0.2, -0.15) is 0 Å². The molecule has 0 radical (unpaired) electrons. The van der Waals surface area contributed by atoms with Gasteiger partial charge in [-0.1, -0.05) is 43.4 Å². The lowest BCUT2D eigenvalue weighted by atomic mass is 10.2. The molecule has 0 amide bonds. The Hall–Kier alpha value is -1.70. The Bertz CT molecular complexity index is 344. The van der Waals surface area contributed by atoms with E-state index in [1.807, 2.05) is 6.92 Å². The minimum Gasteiger partial charge on any atom is -0.286 e. The van der Waals surface area contributed by atoms with Crippen molar-refractivity contribution in [3.63, 3.8) is 0 Å². The van der Waals surface area contributed by atoms with E-state index >= 15 is 0 Å². The number of carbonyl (C=O) groups excluding carboxylic acids is 2. The van der Waals surface area contributed by atoms with Gasteiger partial charge in [0.05, 0.1) is 0 Å². The number of ketones is 2. The molecule has 2 heteroatoms. The molecule has 0 aliphatic rings. The molecule has 0 bridgehead atoms. The van der Waals surface area contributed by atoms with Crippen LogP contribution in [-0.2, 0) is 9.59 Å². The van der Waals surface area contributed by atoms with Crippen LogP contribution in [0.3, 0.4) is 0 Å². The Morgan fingerprint density at radius 1 is 0.882 bits per heavy atom. The van der Waals surface area contributed by atoms with Crippen molar-refractivity contribution in [3.8, 4) is 0 Å². The summed E-state index contributed by atoms with van der Waals surface area (Å²) in [5.41, 5.74) is 0. The van der Waals surface area contributed by atoms with Gasteiger partial charge in [-0.15, -0.1) is 0 Å². The maximum atomic E-state index is 11.3. The van der Waals surface area contributed by atoms with E-state index in [1.54, 1.807) is 24.3 Å². The predicted octanol–water partition coefficient (Wildman–Crippen LogP) is 3.56. The molecule has 0 saturated heterocycles. The Balaban J connectivity index is 3.95. The molecular formula is C15H20O2. The highest BCUT2D eigenvalue weighted by Crippen LogP contribution is 1.95. The maximum Gasteiger partial charge on any atom is 0.225 e. The second-order valence-electron chi connectivity index (χ2n) is 3.47. The summed E-state index contributed by atoms with van der Waals surface area (Å²) in [6, 6.07) is 0. The zero-order chi connectivity index (χ0) is 12.9. The molecule has 0 spiro atoms. The summed E-state index contributed by atoms with van der Waals surface area (Å²) in [6.07, 6.45) is 16.3. The highest BCUT2D eigenvalue weighted by Gasteiger charge is 2.03. The first-order chi connectivity index (χ1) is 8.22. The van der Waals surface area contributed by atoms with Gasteiger partial charge in [0.2, 0.25) is 11.6 Å². The Morgan fingerprint density at radius 3 is 2.18 bits per heavy atom. The number of hydrogen-bond acceptors (Lipinski definition) is 2. The normalized spacial score (nSPS) is 12.4. The lowest BCUT2D eigenvalue weighted by Crippen LogP contribution is -2.06. The summed E-state index contributed by atoms with van der Waals surface area (Å²) < 4.78 is 0. The molecule has 0 saturated carbocycles. The highest BCUT2D eigenvalue weighted by atomic mass is 16.2. The standard InChI is InChI=1S/C15H20O2/c1-3-5-7-8-9-11-13-15(17)14(16)12-10-6-4-2/h4-7,10-13H,3,8-9H2,1-2H3. The maximum absolute atomic E-state index is 11.3. The smallest absolute Gasteiger partial charge is 0.225 e. The van der Waals surface area contributed by atoms with E-state index in [2.05, 4.69) is 19.1 Å². The van der Waals surface area contributed by atoms with Gasteiger partial charge < -0.3 is 0 Å². The van der Waals surface area contributed by atoms with Gasteiger partial charge in [0.1, 0.15) is 0 Å². The lowest BCUT2D eigenvalue weighted by Gasteiger charge is -1.88. The average molecular weight is 232 g/mol. The van der Waals surface area contributed by atoms with Crippen LogP contribution in [-0.4, -0.2) is 11.6 Å². The van der Waals surface area contributed by atoms with Crippen molar-refractivity contribution in [1.29, 1.82) is 0 Å². The molecule has 0 rings (SSSR count). The van der Waals surface area contributed by atoms with Crippen LogP contribution < -0.4 is 0 Å². The summed E-state index contributed by atoms with van der Waals surface area (Å²) in [4.78, 5) is 22.5. The highest BCUT2D eigenvalue weighted by molar-refractivity contribution is 6.45. The zero-order valence-corrected chi connectivity index (χ0v) is 10.6. The van der Waals surface area contributed by atoms with Crippen molar-refractivity contribution >= 4 is 11.6 Å². The third kappa shape index (κ3) is 9.24. The van der Waals surface area contributed by atoms with Crippen LogP contribution >= 0.6 is 0 Å². The third-order valence-corrected chi connectivity index (χ3v) is 1.97. The minimum absolute atomic E-state index is 0.467. The van der Waals surface area contributed by atoms with Crippen molar-refractivity contribution in [3.05, 3.63) is 48.6 Å². The van der Waals surface area contributed by atoms with E-state index in [0.29, 0.717) is 0 Å². The number of carbonyl (C=O) groups is 2. The van der Waals surface area contributed by atoms with Crippen LogP contribution in [0.15, 0.2) is 48.6 Å². The van der Waals surface area contributed by atoms with E-state index in [9.17, 15) is 9.59 Å². The predicted molar refractivity (Wildman–Crippen MR) is 71.8 cm³/mol.